The molecule has 0 radical (unpaired) electrons. The minimum Gasteiger partial charge on any atom is -0.373 e. The first kappa shape index (κ1) is 21.2. The molecule has 0 aliphatic carbocycles. The van der Waals surface area contributed by atoms with Crippen LogP contribution in [-0.2, 0) is 4.74 Å². The smallest absolute Gasteiger partial charge is 0.191 e. The van der Waals surface area contributed by atoms with Crippen molar-refractivity contribution in [3.05, 3.63) is 29.3 Å². The number of halogens is 1. The number of guanidine groups is 1. The maximum atomic E-state index is 6.13. The first-order valence-electron chi connectivity index (χ1n) is 10.4. The van der Waals surface area contributed by atoms with Gasteiger partial charge in [0.2, 0.25) is 0 Å². The molecule has 2 fully saturated rings. The van der Waals surface area contributed by atoms with Gasteiger partial charge in [0, 0.05) is 63.1 Å². The molecule has 3 atom stereocenters. The fraction of sp³-hybridized carbons (Fsp3) is 0.667. The number of aliphatic imine (C=N–C) groups is 1. The Bertz CT molecular complexity index is 645. The van der Waals surface area contributed by atoms with Crippen molar-refractivity contribution < 1.29 is 4.74 Å². The van der Waals surface area contributed by atoms with Crippen molar-refractivity contribution in [2.75, 3.05) is 51.2 Å². The van der Waals surface area contributed by atoms with Crippen LogP contribution in [0.4, 0.5) is 5.69 Å². The zero-order valence-corrected chi connectivity index (χ0v) is 18.1. The number of anilines is 1. The van der Waals surface area contributed by atoms with Crippen LogP contribution in [0.25, 0.3) is 0 Å². The molecule has 2 N–H and O–H groups in total. The average Bonchev–Trinajstić information content (AvgIpc) is 3.12. The van der Waals surface area contributed by atoms with Crippen molar-refractivity contribution in [1.29, 1.82) is 0 Å². The van der Waals surface area contributed by atoms with Gasteiger partial charge in [0.25, 0.3) is 0 Å². The van der Waals surface area contributed by atoms with Crippen molar-refractivity contribution in [2.45, 2.75) is 44.9 Å². The van der Waals surface area contributed by atoms with Crippen molar-refractivity contribution in [3.63, 3.8) is 0 Å². The Balaban J connectivity index is 1.37. The summed E-state index contributed by atoms with van der Waals surface area (Å²) in [5.41, 5.74) is 1.19. The second-order valence-electron chi connectivity index (χ2n) is 7.93. The monoisotopic (exact) mass is 407 g/mol. The summed E-state index contributed by atoms with van der Waals surface area (Å²) in [5, 5.41) is 7.81. The lowest BCUT2D eigenvalue weighted by atomic mass is 10.2. The molecule has 2 aliphatic heterocycles. The van der Waals surface area contributed by atoms with E-state index in [1.165, 1.54) is 5.69 Å². The van der Waals surface area contributed by atoms with E-state index >= 15 is 0 Å². The molecule has 1 aromatic rings. The van der Waals surface area contributed by atoms with E-state index in [-0.39, 0.29) is 0 Å². The lowest BCUT2D eigenvalue weighted by Crippen LogP contribution is -2.47. The van der Waals surface area contributed by atoms with Gasteiger partial charge < -0.3 is 20.3 Å². The molecular formula is C21H34ClN5O. The van der Waals surface area contributed by atoms with E-state index < -0.39 is 0 Å². The molecule has 0 bridgehead atoms. The number of morpholine rings is 1. The SMILES string of the molecule is CN=C(NCCCN1CC(C)OC(C)C1)NC1CCN(c2cccc(Cl)c2)C1. The highest BCUT2D eigenvalue weighted by molar-refractivity contribution is 6.30. The predicted octanol–water partition coefficient (Wildman–Crippen LogP) is 2.58. The first-order valence-corrected chi connectivity index (χ1v) is 10.8. The van der Waals surface area contributed by atoms with Crippen molar-refractivity contribution in [1.82, 2.24) is 15.5 Å². The zero-order chi connectivity index (χ0) is 19.9. The molecule has 3 rings (SSSR count). The van der Waals surface area contributed by atoms with E-state index in [0.717, 1.165) is 63.1 Å². The van der Waals surface area contributed by atoms with Gasteiger partial charge in [0.05, 0.1) is 12.2 Å². The molecule has 28 heavy (non-hydrogen) atoms. The van der Waals surface area contributed by atoms with Gasteiger partial charge in [-0.15, -0.1) is 0 Å². The van der Waals surface area contributed by atoms with E-state index in [2.05, 4.69) is 45.3 Å². The standard InChI is InChI=1S/C21H34ClN5O/c1-16-13-26(14-17(2)28-16)10-5-9-24-21(23-3)25-19-8-11-27(15-19)20-7-4-6-18(22)12-20/h4,6-7,12,16-17,19H,5,8-11,13-15H2,1-3H3,(H2,23,24,25). The van der Waals surface area contributed by atoms with Gasteiger partial charge in [-0.25, -0.2) is 0 Å². The van der Waals surface area contributed by atoms with E-state index in [4.69, 9.17) is 16.3 Å². The third-order valence-corrected chi connectivity index (χ3v) is 5.60. The molecule has 0 aromatic heterocycles. The van der Waals surface area contributed by atoms with Gasteiger partial charge >= 0.3 is 0 Å². The van der Waals surface area contributed by atoms with Crippen LogP contribution < -0.4 is 15.5 Å². The summed E-state index contributed by atoms with van der Waals surface area (Å²) in [5.74, 6) is 0.890. The van der Waals surface area contributed by atoms with Crippen LogP contribution in [0, 0.1) is 0 Å². The molecule has 156 valence electrons. The number of rotatable bonds is 6. The zero-order valence-electron chi connectivity index (χ0n) is 17.3. The van der Waals surface area contributed by atoms with Crippen LogP contribution in [0.15, 0.2) is 29.3 Å². The van der Waals surface area contributed by atoms with E-state index in [1.807, 2.05) is 25.2 Å². The minimum atomic E-state index is 0.330. The highest BCUT2D eigenvalue weighted by Crippen LogP contribution is 2.23. The molecule has 7 heteroatoms. The second kappa shape index (κ2) is 10.3. The van der Waals surface area contributed by atoms with E-state index in [1.54, 1.807) is 0 Å². The number of nitrogens with zero attached hydrogens (tertiary/aromatic N) is 3. The van der Waals surface area contributed by atoms with Crippen molar-refractivity contribution in [3.8, 4) is 0 Å². The third-order valence-electron chi connectivity index (χ3n) is 5.36. The number of nitrogens with one attached hydrogen (secondary N) is 2. The molecule has 0 saturated carbocycles. The Morgan fingerprint density at radius 2 is 2.04 bits per heavy atom. The number of hydrogen-bond acceptors (Lipinski definition) is 4. The molecule has 2 heterocycles. The molecule has 0 spiro atoms. The van der Waals surface area contributed by atoms with Gasteiger partial charge in [-0.1, -0.05) is 17.7 Å². The highest BCUT2D eigenvalue weighted by atomic mass is 35.5. The van der Waals surface area contributed by atoms with Gasteiger partial charge in [-0.2, -0.15) is 0 Å². The Hall–Kier alpha value is -1.50. The molecular weight excluding hydrogens is 374 g/mol. The third kappa shape index (κ3) is 6.26. The van der Waals surface area contributed by atoms with E-state index in [9.17, 15) is 0 Å². The van der Waals surface area contributed by atoms with Gasteiger partial charge in [0.1, 0.15) is 0 Å². The fourth-order valence-corrected chi connectivity index (χ4v) is 4.33. The fourth-order valence-electron chi connectivity index (χ4n) is 4.15. The molecule has 6 nitrogen and oxygen atoms in total. The maximum Gasteiger partial charge on any atom is 0.191 e. The molecule has 1 aromatic carbocycles. The van der Waals surface area contributed by atoms with Crippen LogP contribution in [0.1, 0.15) is 26.7 Å². The summed E-state index contributed by atoms with van der Waals surface area (Å²) in [4.78, 5) is 9.26. The topological polar surface area (TPSA) is 52.1 Å². The Morgan fingerprint density at radius 1 is 1.25 bits per heavy atom. The highest BCUT2D eigenvalue weighted by Gasteiger charge is 2.24. The average molecular weight is 408 g/mol. The number of hydrogen-bond donors (Lipinski definition) is 2. The minimum absolute atomic E-state index is 0.330. The quantitative estimate of drug-likeness (QED) is 0.431. The largest absolute Gasteiger partial charge is 0.373 e. The summed E-state index contributed by atoms with van der Waals surface area (Å²) in [7, 11) is 1.84. The van der Waals surface area contributed by atoms with Crippen LogP contribution in [-0.4, -0.2) is 75.4 Å². The summed E-state index contributed by atoms with van der Waals surface area (Å²) >= 11 is 6.13. The second-order valence-corrected chi connectivity index (χ2v) is 8.36. The first-order chi connectivity index (χ1) is 13.5. The summed E-state index contributed by atoms with van der Waals surface area (Å²) in [6.45, 7) is 10.4. The van der Waals surface area contributed by atoms with Crippen LogP contribution >= 0.6 is 11.6 Å². The molecule has 2 saturated heterocycles. The lowest BCUT2D eigenvalue weighted by molar-refractivity contribution is -0.0679. The lowest BCUT2D eigenvalue weighted by Gasteiger charge is -2.35. The van der Waals surface area contributed by atoms with Gasteiger partial charge in [-0.3, -0.25) is 9.89 Å². The van der Waals surface area contributed by atoms with Gasteiger partial charge in [-0.05, 0) is 44.9 Å². The molecule has 3 unspecified atom stereocenters. The molecule has 2 aliphatic rings. The van der Waals surface area contributed by atoms with Crippen LogP contribution in [0.2, 0.25) is 5.02 Å². The predicted molar refractivity (Wildman–Crippen MR) is 118 cm³/mol. The molecule has 0 amide bonds. The maximum absolute atomic E-state index is 6.13. The van der Waals surface area contributed by atoms with E-state index in [0.29, 0.717) is 18.2 Å². The Kier molecular flexibility index (Phi) is 7.82. The van der Waals surface area contributed by atoms with Crippen molar-refractivity contribution in [2.24, 2.45) is 4.99 Å². The Morgan fingerprint density at radius 3 is 2.75 bits per heavy atom. The number of benzene rings is 1. The van der Waals surface area contributed by atoms with Crippen LogP contribution in [0.3, 0.4) is 0 Å². The van der Waals surface area contributed by atoms with Gasteiger partial charge in [0.15, 0.2) is 5.96 Å². The summed E-state index contributed by atoms with van der Waals surface area (Å²) in [6.07, 6.45) is 2.85. The van der Waals surface area contributed by atoms with Crippen molar-refractivity contribution >= 4 is 23.2 Å². The normalized spacial score (nSPS) is 26.5. The van der Waals surface area contributed by atoms with Crippen LogP contribution in [0.5, 0.6) is 0 Å². The summed E-state index contributed by atoms with van der Waals surface area (Å²) < 4.78 is 5.80. The Labute approximate surface area is 174 Å². The summed E-state index contributed by atoms with van der Waals surface area (Å²) in [6, 6.07) is 8.47. The number of ether oxygens (including phenoxy) is 1.